The number of amides is 1. The average molecular weight is 297 g/mol. The molecule has 1 aromatic carbocycles. The summed E-state index contributed by atoms with van der Waals surface area (Å²) in [6.45, 7) is 1.90. The van der Waals surface area contributed by atoms with Crippen LogP contribution in [0.5, 0.6) is 5.75 Å². The maximum absolute atomic E-state index is 11.9. The van der Waals surface area contributed by atoms with Crippen LogP contribution >= 0.6 is 22.9 Å². The minimum Gasteiger partial charge on any atom is -0.496 e. The molecule has 100 valence electrons. The van der Waals surface area contributed by atoms with Gasteiger partial charge in [-0.1, -0.05) is 11.6 Å². The Balaban J connectivity index is 2.16. The molecule has 1 aromatic heterocycles. The first-order chi connectivity index (χ1) is 9.10. The van der Waals surface area contributed by atoms with Crippen molar-refractivity contribution in [1.82, 2.24) is 4.98 Å². The third kappa shape index (κ3) is 3.45. The van der Waals surface area contributed by atoms with Gasteiger partial charge in [0.05, 0.1) is 13.5 Å². The van der Waals surface area contributed by atoms with Crippen LogP contribution in [0.2, 0.25) is 5.02 Å². The van der Waals surface area contributed by atoms with E-state index in [0.29, 0.717) is 15.9 Å². The van der Waals surface area contributed by atoms with E-state index in [0.717, 1.165) is 11.1 Å². The summed E-state index contributed by atoms with van der Waals surface area (Å²) in [6.07, 6.45) is 1.84. The molecule has 0 aliphatic carbocycles. The highest BCUT2D eigenvalue weighted by molar-refractivity contribution is 7.13. The van der Waals surface area contributed by atoms with Gasteiger partial charge in [0.2, 0.25) is 5.91 Å². The molecule has 0 unspecified atom stereocenters. The molecule has 0 spiro atoms. The van der Waals surface area contributed by atoms with E-state index >= 15 is 0 Å². The number of anilines is 1. The van der Waals surface area contributed by atoms with Gasteiger partial charge in [-0.3, -0.25) is 4.79 Å². The van der Waals surface area contributed by atoms with Crippen LogP contribution in [0.1, 0.15) is 11.1 Å². The smallest absolute Gasteiger partial charge is 0.230 e. The number of hydrogen-bond acceptors (Lipinski definition) is 4. The van der Waals surface area contributed by atoms with Crippen LogP contribution < -0.4 is 10.1 Å². The number of carbonyl (C=O) groups is 1. The standard InChI is InChI=1S/C13H13ClN2O2S/c1-8-5-10(14)6-9(12(8)18-2)7-11(17)16-13-15-3-4-19-13/h3-6H,7H2,1-2H3,(H,15,16,17). The number of aryl methyl sites for hydroxylation is 1. The van der Waals surface area contributed by atoms with Gasteiger partial charge in [0, 0.05) is 22.2 Å². The van der Waals surface area contributed by atoms with Crippen LogP contribution in [0.4, 0.5) is 5.13 Å². The van der Waals surface area contributed by atoms with E-state index in [9.17, 15) is 4.79 Å². The predicted molar refractivity (Wildman–Crippen MR) is 77.2 cm³/mol. The fraction of sp³-hybridized carbons (Fsp3) is 0.231. The second-order valence-corrected chi connectivity index (χ2v) is 5.31. The zero-order valence-corrected chi connectivity index (χ0v) is 12.1. The van der Waals surface area contributed by atoms with Gasteiger partial charge < -0.3 is 10.1 Å². The highest BCUT2D eigenvalue weighted by Gasteiger charge is 2.13. The van der Waals surface area contributed by atoms with Crippen LogP contribution in [0.25, 0.3) is 0 Å². The Morgan fingerprint density at radius 1 is 1.53 bits per heavy atom. The molecule has 4 nitrogen and oxygen atoms in total. The van der Waals surface area contributed by atoms with Gasteiger partial charge in [-0.2, -0.15) is 0 Å². The molecule has 1 amide bonds. The first-order valence-electron chi connectivity index (χ1n) is 5.62. The maximum Gasteiger partial charge on any atom is 0.230 e. The summed E-state index contributed by atoms with van der Waals surface area (Å²) in [5.41, 5.74) is 1.67. The van der Waals surface area contributed by atoms with Crippen LogP contribution in [-0.2, 0) is 11.2 Å². The van der Waals surface area contributed by atoms with Crippen molar-refractivity contribution >= 4 is 34.0 Å². The number of benzene rings is 1. The van der Waals surface area contributed by atoms with Gasteiger partial charge in [0.1, 0.15) is 5.75 Å². The van der Waals surface area contributed by atoms with Gasteiger partial charge in [0.15, 0.2) is 5.13 Å². The third-order valence-electron chi connectivity index (χ3n) is 2.55. The summed E-state index contributed by atoms with van der Waals surface area (Å²) >= 11 is 7.39. The van der Waals surface area contributed by atoms with Gasteiger partial charge >= 0.3 is 0 Å². The molecular weight excluding hydrogens is 284 g/mol. The molecule has 0 atom stereocenters. The summed E-state index contributed by atoms with van der Waals surface area (Å²) in [6, 6.07) is 3.55. The number of nitrogens with zero attached hydrogens (tertiary/aromatic N) is 1. The van der Waals surface area contributed by atoms with E-state index in [2.05, 4.69) is 10.3 Å². The lowest BCUT2D eigenvalue weighted by Gasteiger charge is -2.11. The number of halogens is 1. The summed E-state index contributed by atoms with van der Waals surface area (Å²) < 4.78 is 5.32. The maximum atomic E-state index is 11.9. The lowest BCUT2D eigenvalue weighted by Crippen LogP contribution is -2.15. The molecule has 0 aliphatic heterocycles. The van der Waals surface area contributed by atoms with Gasteiger partial charge in [-0.05, 0) is 24.6 Å². The Morgan fingerprint density at radius 2 is 2.32 bits per heavy atom. The third-order valence-corrected chi connectivity index (χ3v) is 3.46. The fourth-order valence-electron chi connectivity index (χ4n) is 1.84. The Hall–Kier alpha value is -1.59. The fourth-order valence-corrected chi connectivity index (χ4v) is 2.68. The molecule has 2 aromatic rings. The Bertz CT molecular complexity index is 585. The molecule has 0 saturated heterocycles. The highest BCUT2D eigenvalue weighted by Crippen LogP contribution is 2.28. The van der Waals surface area contributed by atoms with Crippen LogP contribution in [0, 0.1) is 6.92 Å². The molecular formula is C13H13ClN2O2S. The topological polar surface area (TPSA) is 51.2 Å². The zero-order chi connectivity index (χ0) is 13.8. The van der Waals surface area contributed by atoms with Crippen LogP contribution in [0.3, 0.4) is 0 Å². The van der Waals surface area contributed by atoms with E-state index in [4.69, 9.17) is 16.3 Å². The first kappa shape index (κ1) is 13.8. The van der Waals surface area contributed by atoms with Crippen molar-refractivity contribution in [3.8, 4) is 5.75 Å². The Labute approximate surface area is 120 Å². The van der Waals surface area contributed by atoms with Gasteiger partial charge in [-0.15, -0.1) is 11.3 Å². The minimum atomic E-state index is -0.144. The lowest BCUT2D eigenvalue weighted by atomic mass is 10.1. The quantitative estimate of drug-likeness (QED) is 0.942. The second-order valence-electron chi connectivity index (χ2n) is 3.98. The van der Waals surface area contributed by atoms with Crippen molar-refractivity contribution in [3.05, 3.63) is 39.9 Å². The van der Waals surface area contributed by atoms with Crippen molar-refractivity contribution in [3.63, 3.8) is 0 Å². The summed E-state index contributed by atoms with van der Waals surface area (Å²) in [4.78, 5) is 15.9. The van der Waals surface area contributed by atoms with Crippen molar-refractivity contribution in [2.75, 3.05) is 12.4 Å². The molecule has 19 heavy (non-hydrogen) atoms. The monoisotopic (exact) mass is 296 g/mol. The zero-order valence-electron chi connectivity index (χ0n) is 10.6. The van der Waals surface area contributed by atoms with Crippen molar-refractivity contribution < 1.29 is 9.53 Å². The number of nitrogens with one attached hydrogen (secondary N) is 1. The number of thiazole rings is 1. The summed E-state index contributed by atoms with van der Waals surface area (Å²) in [5, 5.41) is 5.71. The number of ether oxygens (including phenoxy) is 1. The van der Waals surface area contributed by atoms with E-state index in [1.54, 1.807) is 24.8 Å². The SMILES string of the molecule is COc1c(C)cc(Cl)cc1CC(=O)Nc1nccs1. The number of rotatable bonds is 4. The Morgan fingerprint density at radius 3 is 2.95 bits per heavy atom. The average Bonchev–Trinajstić information content (AvgIpc) is 2.81. The second kappa shape index (κ2) is 6.04. The molecule has 0 aliphatic rings. The molecule has 1 heterocycles. The summed E-state index contributed by atoms with van der Waals surface area (Å²) in [5.74, 6) is 0.550. The molecule has 0 saturated carbocycles. The van der Waals surface area contributed by atoms with Gasteiger partial charge in [0.25, 0.3) is 0 Å². The van der Waals surface area contributed by atoms with E-state index in [1.165, 1.54) is 11.3 Å². The highest BCUT2D eigenvalue weighted by atomic mass is 35.5. The molecule has 2 rings (SSSR count). The lowest BCUT2D eigenvalue weighted by molar-refractivity contribution is -0.115. The van der Waals surface area contributed by atoms with Gasteiger partial charge in [-0.25, -0.2) is 4.98 Å². The molecule has 0 bridgehead atoms. The van der Waals surface area contributed by atoms with Crippen molar-refractivity contribution in [2.45, 2.75) is 13.3 Å². The van der Waals surface area contributed by atoms with Crippen LogP contribution in [0.15, 0.2) is 23.7 Å². The van der Waals surface area contributed by atoms with E-state index in [-0.39, 0.29) is 12.3 Å². The molecule has 0 fully saturated rings. The molecule has 0 radical (unpaired) electrons. The van der Waals surface area contributed by atoms with E-state index < -0.39 is 0 Å². The van der Waals surface area contributed by atoms with Crippen LogP contribution in [-0.4, -0.2) is 18.0 Å². The predicted octanol–water partition coefficient (Wildman–Crippen LogP) is 3.29. The Kier molecular flexibility index (Phi) is 4.39. The molecule has 1 N–H and O–H groups in total. The first-order valence-corrected chi connectivity index (χ1v) is 6.88. The normalized spacial score (nSPS) is 10.3. The van der Waals surface area contributed by atoms with Crippen molar-refractivity contribution in [1.29, 1.82) is 0 Å². The number of carbonyl (C=O) groups excluding carboxylic acids is 1. The molecule has 6 heteroatoms. The largest absolute Gasteiger partial charge is 0.496 e. The summed E-state index contributed by atoms with van der Waals surface area (Å²) in [7, 11) is 1.58. The number of methoxy groups -OCH3 is 1. The van der Waals surface area contributed by atoms with E-state index in [1.807, 2.05) is 13.0 Å². The van der Waals surface area contributed by atoms with Crippen molar-refractivity contribution in [2.24, 2.45) is 0 Å². The number of hydrogen-bond donors (Lipinski definition) is 1. The number of aromatic nitrogens is 1. The minimum absolute atomic E-state index is 0.144.